The number of rotatable bonds is 7. The maximum atomic E-state index is 5.49. The average molecular weight is 226 g/mol. The standard InChI is InChI=1S/C13H22OS/c1-2-3-4-5-6-7-9-12-13(15)10-8-11-14-12/h8,10-12,15H,2-7,9H2,1H3. The highest BCUT2D eigenvalue weighted by Gasteiger charge is 2.12. The highest BCUT2D eigenvalue weighted by molar-refractivity contribution is 7.84. The molecule has 0 saturated carbocycles. The summed E-state index contributed by atoms with van der Waals surface area (Å²) in [5.74, 6) is 0. The Morgan fingerprint density at radius 2 is 1.93 bits per heavy atom. The largest absolute Gasteiger partial charge is 0.493 e. The Labute approximate surface area is 99.0 Å². The fraction of sp³-hybridized carbons (Fsp3) is 0.692. The second-order valence-corrected chi connectivity index (χ2v) is 4.62. The molecule has 0 N–H and O–H groups in total. The Kier molecular flexibility index (Phi) is 6.66. The van der Waals surface area contributed by atoms with Crippen LogP contribution < -0.4 is 0 Å². The highest BCUT2D eigenvalue weighted by atomic mass is 32.1. The van der Waals surface area contributed by atoms with E-state index in [9.17, 15) is 0 Å². The molecule has 1 atom stereocenters. The Morgan fingerprint density at radius 3 is 2.67 bits per heavy atom. The highest BCUT2D eigenvalue weighted by Crippen LogP contribution is 2.21. The van der Waals surface area contributed by atoms with Crippen molar-refractivity contribution in [2.75, 3.05) is 0 Å². The minimum absolute atomic E-state index is 0.213. The lowest BCUT2D eigenvalue weighted by Gasteiger charge is -2.18. The third kappa shape index (κ3) is 5.31. The third-order valence-corrected chi connectivity index (χ3v) is 3.18. The molecule has 1 nitrogen and oxygen atoms in total. The van der Waals surface area contributed by atoms with Crippen LogP contribution in [0, 0.1) is 0 Å². The molecule has 0 aromatic rings. The second-order valence-electron chi connectivity index (χ2n) is 4.10. The molecule has 1 heterocycles. The lowest BCUT2D eigenvalue weighted by molar-refractivity contribution is 0.167. The van der Waals surface area contributed by atoms with Gasteiger partial charge in [-0.25, -0.2) is 0 Å². The summed E-state index contributed by atoms with van der Waals surface area (Å²) in [4.78, 5) is 1.06. The Bertz CT molecular complexity index is 221. The summed E-state index contributed by atoms with van der Waals surface area (Å²) in [6.45, 7) is 2.25. The normalized spacial score (nSPS) is 19.9. The summed E-state index contributed by atoms with van der Waals surface area (Å²) in [6, 6.07) is 0. The molecule has 2 heteroatoms. The van der Waals surface area contributed by atoms with Crippen LogP contribution in [0.5, 0.6) is 0 Å². The van der Waals surface area contributed by atoms with Gasteiger partial charge in [-0.2, -0.15) is 0 Å². The van der Waals surface area contributed by atoms with Gasteiger partial charge in [0.1, 0.15) is 6.10 Å². The van der Waals surface area contributed by atoms with Crippen molar-refractivity contribution in [1.82, 2.24) is 0 Å². The molecule has 0 aliphatic carbocycles. The first-order chi connectivity index (χ1) is 7.34. The van der Waals surface area contributed by atoms with Crippen LogP contribution in [0.15, 0.2) is 23.3 Å². The molecule has 1 aliphatic heterocycles. The van der Waals surface area contributed by atoms with Gasteiger partial charge in [0.15, 0.2) is 0 Å². The Hall–Kier alpha value is -0.370. The first-order valence-electron chi connectivity index (χ1n) is 6.05. The minimum atomic E-state index is 0.213. The fourth-order valence-corrected chi connectivity index (χ4v) is 2.06. The molecule has 0 spiro atoms. The van der Waals surface area contributed by atoms with Gasteiger partial charge in [-0.15, -0.1) is 12.6 Å². The first-order valence-corrected chi connectivity index (χ1v) is 6.50. The lowest BCUT2D eigenvalue weighted by Crippen LogP contribution is -2.12. The molecule has 0 bridgehead atoms. The quantitative estimate of drug-likeness (QED) is 0.498. The van der Waals surface area contributed by atoms with Gasteiger partial charge in [0, 0.05) is 4.91 Å². The SMILES string of the molecule is CCCCCCCCC1OC=CC=C1S. The van der Waals surface area contributed by atoms with Crippen molar-refractivity contribution in [2.45, 2.75) is 58.0 Å². The second kappa shape index (κ2) is 7.86. The average Bonchev–Trinajstić information content (AvgIpc) is 2.25. The van der Waals surface area contributed by atoms with Gasteiger partial charge in [0.2, 0.25) is 0 Å². The Balaban J connectivity index is 2.00. The van der Waals surface area contributed by atoms with Crippen LogP contribution in [-0.2, 0) is 4.74 Å². The molecule has 1 aliphatic rings. The molecule has 0 amide bonds. The van der Waals surface area contributed by atoms with E-state index in [1.807, 2.05) is 12.2 Å². The molecule has 1 rings (SSSR count). The van der Waals surface area contributed by atoms with Gasteiger partial charge in [-0.3, -0.25) is 0 Å². The molecule has 1 unspecified atom stereocenters. The van der Waals surface area contributed by atoms with E-state index >= 15 is 0 Å². The zero-order valence-corrected chi connectivity index (χ0v) is 10.5. The molecular formula is C13H22OS. The van der Waals surface area contributed by atoms with E-state index in [0.717, 1.165) is 11.3 Å². The summed E-state index contributed by atoms with van der Waals surface area (Å²) in [7, 11) is 0. The number of unbranched alkanes of at least 4 members (excludes halogenated alkanes) is 5. The van der Waals surface area contributed by atoms with Crippen molar-refractivity contribution in [3.63, 3.8) is 0 Å². The molecule has 0 aromatic heterocycles. The smallest absolute Gasteiger partial charge is 0.128 e. The number of hydrogen-bond acceptors (Lipinski definition) is 2. The van der Waals surface area contributed by atoms with Crippen molar-refractivity contribution in [1.29, 1.82) is 0 Å². The van der Waals surface area contributed by atoms with Crippen LogP contribution in [0.4, 0.5) is 0 Å². The maximum absolute atomic E-state index is 5.49. The summed E-state index contributed by atoms with van der Waals surface area (Å²) in [6.07, 6.45) is 15.0. The van der Waals surface area contributed by atoms with Crippen LogP contribution in [0.2, 0.25) is 0 Å². The van der Waals surface area contributed by atoms with Crippen LogP contribution in [0.25, 0.3) is 0 Å². The monoisotopic (exact) mass is 226 g/mol. The van der Waals surface area contributed by atoms with Crippen molar-refractivity contribution >= 4 is 12.6 Å². The summed E-state index contributed by atoms with van der Waals surface area (Å²) >= 11 is 4.40. The number of ether oxygens (including phenoxy) is 1. The summed E-state index contributed by atoms with van der Waals surface area (Å²) in [5.41, 5.74) is 0. The van der Waals surface area contributed by atoms with Crippen LogP contribution >= 0.6 is 12.6 Å². The summed E-state index contributed by atoms with van der Waals surface area (Å²) in [5, 5.41) is 0. The first kappa shape index (κ1) is 12.7. The fourth-order valence-electron chi connectivity index (χ4n) is 1.78. The molecule has 0 saturated heterocycles. The maximum Gasteiger partial charge on any atom is 0.128 e. The Morgan fingerprint density at radius 1 is 1.20 bits per heavy atom. The van der Waals surface area contributed by atoms with Gasteiger partial charge < -0.3 is 4.74 Å². The van der Waals surface area contributed by atoms with E-state index in [4.69, 9.17) is 4.74 Å². The van der Waals surface area contributed by atoms with Crippen LogP contribution in [0.3, 0.4) is 0 Å². The van der Waals surface area contributed by atoms with Crippen LogP contribution in [-0.4, -0.2) is 6.10 Å². The lowest BCUT2D eigenvalue weighted by atomic mass is 10.1. The van der Waals surface area contributed by atoms with E-state index < -0.39 is 0 Å². The topological polar surface area (TPSA) is 9.23 Å². The number of hydrogen-bond donors (Lipinski definition) is 1. The van der Waals surface area contributed by atoms with E-state index in [1.165, 1.54) is 38.5 Å². The molecule has 0 radical (unpaired) electrons. The third-order valence-electron chi connectivity index (χ3n) is 2.74. The molecule has 86 valence electrons. The van der Waals surface area contributed by atoms with E-state index in [2.05, 4.69) is 19.6 Å². The number of allylic oxidation sites excluding steroid dienone is 2. The van der Waals surface area contributed by atoms with Gasteiger partial charge in [0.05, 0.1) is 6.26 Å². The zero-order valence-electron chi connectivity index (χ0n) is 9.61. The predicted octanol–water partition coefficient (Wildman–Crippen LogP) is 4.46. The van der Waals surface area contributed by atoms with E-state index in [1.54, 1.807) is 6.26 Å². The molecular weight excluding hydrogens is 204 g/mol. The molecule has 15 heavy (non-hydrogen) atoms. The zero-order chi connectivity index (χ0) is 10.9. The van der Waals surface area contributed by atoms with E-state index in [0.29, 0.717) is 0 Å². The molecule has 0 fully saturated rings. The molecule has 0 aromatic carbocycles. The van der Waals surface area contributed by atoms with Crippen molar-refractivity contribution in [3.05, 3.63) is 23.3 Å². The summed E-state index contributed by atoms with van der Waals surface area (Å²) < 4.78 is 5.49. The van der Waals surface area contributed by atoms with E-state index in [-0.39, 0.29) is 6.10 Å². The van der Waals surface area contributed by atoms with Gasteiger partial charge in [0.25, 0.3) is 0 Å². The number of thiol groups is 1. The van der Waals surface area contributed by atoms with Gasteiger partial charge in [-0.05, 0) is 25.0 Å². The van der Waals surface area contributed by atoms with Gasteiger partial charge in [-0.1, -0.05) is 39.0 Å². The van der Waals surface area contributed by atoms with Crippen molar-refractivity contribution in [3.8, 4) is 0 Å². The van der Waals surface area contributed by atoms with Crippen LogP contribution in [0.1, 0.15) is 51.9 Å². The predicted molar refractivity (Wildman–Crippen MR) is 69.1 cm³/mol. The minimum Gasteiger partial charge on any atom is -0.493 e. The van der Waals surface area contributed by atoms with Gasteiger partial charge >= 0.3 is 0 Å². The van der Waals surface area contributed by atoms with Crippen molar-refractivity contribution in [2.24, 2.45) is 0 Å². The van der Waals surface area contributed by atoms with Crippen molar-refractivity contribution < 1.29 is 4.74 Å².